The van der Waals surface area contributed by atoms with Gasteiger partial charge in [-0.1, -0.05) is 6.42 Å². The second-order valence-electron chi connectivity index (χ2n) is 4.94. The number of primary amides is 1. The van der Waals surface area contributed by atoms with E-state index in [1.807, 2.05) is 0 Å². The standard InChI is InChI=1S/C12H21N3O4/c13-6-7-2-1-3-8(7)11(17)15-9(12(18)19)4-5-10(14)16/h7-9H,1-6,13H2,(H2,14,16)(H,15,17)(H,18,19)/t7?,8?,9-/m0/s1. The lowest BCUT2D eigenvalue weighted by Crippen LogP contribution is -2.45. The van der Waals surface area contributed by atoms with Crippen molar-refractivity contribution in [2.75, 3.05) is 6.54 Å². The number of nitrogens with two attached hydrogens (primary N) is 2. The van der Waals surface area contributed by atoms with Gasteiger partial charge in [-0.25, -0.2) is 4.79 Å². The molecule has 3 atom stereocenters. The van der Waals surface area contributed by atoms with Crippen molar-refractivity contribution in [3.8, 4) is 0 Å². The lowest BCUT2D eigenvalue weighted by Gasteiger charge is -2.20. The lowest BCUT2D eigenvalue weighted by molar-refractivity contribution is -0.143. The molecule has 108 valence electrons. The van der Waals surface area contributed by atoms with Crippen molar-refractivity contribution < 1.29 is 19.5 Å². The summed E-state index contributed by atoms with van der Waals surface area (Å²) in [6.45, 7) is 0.428. The van der Waals surface area contributed by atoms with Crippen LogP contribution in [0.25, 0.3) is 0 Å². The van der Waals surface area contributed by atoms with Crippen LogP contribution in [0.5, 0.6) is 0 Å². The summed E-state index contributed by atoms with van der Waals surface area (Å²) in [5.74, 6) is -2.13. The molecule has 0 aliphatic heterocycles. The molecule has 0 radical (unpaired) electrons. The summed E-state index contributed by atoms with van der Waals surface area (Å²) in [6.07, 6.45) is 2.50. The summed E-state index contributed by atoms with van der Waals surface area (Å²) >= 11 is 0. The van der Waals surface area contributed by atoms with Gasteiger partial charge in [0.2, 0.25) is 11.8 Å². The Balaban J connectivity index is 2.55. The van der Waals surface area contributed by atoms with E-state index in [-0.39, 0.29) is 30.6 Å². The van der Waals surface area contributed by atoms with E-state index in [4.69, 9.17) is 16.6 Å². The molecule has 1 fully saturated rings. The first-order chi connectivity index (χ1) is 8.95. The van der Waals surface area contributed by atoms with Gasteiger partial charge in [0.15, 0.2) is 0 Å². The van der Waals surface area contributed by atoms with Gasteiger partial charge < -0.3 is 21.9 Å². The fourth-order valence-corrected chi connectivity index (χ4v) is 2.49. The summed E-state index contributed by atoms with van der Waals surface area (Å²) in [6, 6.07) is -1.07. The molecule has 0 saturated heterocycles. The monoisotopic (exact) mass is 271 g/mol. The molecular formula is C12H21N3O4. The Morgan fingerprint density at radius 3 is 2.53 bits per heavy atom. The third-order valence-corrected chi connectivity index (χ3v) is 3.59. The van der Waals surface area contributed by atoms with Gasteiger partial charge in [0.1, 0.15) is 6.04 Å². The number of amides is 2. The summed E-state index contributed by atoms with van der Waals surface area (Å²) in [5, 5.41) is 11.5. The van der Waals surface area contributed by atoms with Gasteiger partial charge in [0.05, 0.1) is 0 Å². The van der Waals surface area contributed by atoms with Crippen LogP contribution in [0.3, 0.4) is 0 Å². The van der Waals surface area contributed by atoms with Gasteiger partial charge >= 0.3 is 5.97 Å². The maximum atomic E-state index is 12.0. The molecule has 1 rings (SSSR count). The number of carbonyl (C=O) groups is 3. The molecule has 0 aromatic rings. The van der Waals surface area contributed by atoms with Crippen molar-refractivity contribution in [3.05, 3.63) is 0 Å². The van der Waals surface area contributed by atoms with E-state index in [0.717, 1.165) is 19.3 Å². The van der Waals surface area contributed by atoms with Gasteiger partial charge in [-0.05, 0) is 31.7 Å². The Hall–Kier alpha value is -1.63. The fourth-order valence-electron chi connectivity index (χ4n) is 2.49. The highest BCUT2D eigenvalue weighted by molar-refractivity contribution is 5.85. The number of carbonyl (C=O) groups excluding carboxylic acids is 2. The van der Waals surface area contributed by atoms with Crippen LogP contribution in [-0.4, -0.2) is 35.5 Å². The number of nitrogens with one attached hydrogen (secondary N) is 1. The SMILES string of the molecule is NCC1CCCC1C(=O)N[C@@H](CCC(N)=O)C(=O)O. The third-order valence-electron chi connectivity index (χ3n) is 3.59. The molecular weight excluding hydrogens is 250 g/mol. The molecule has 7 nitrogen and oxygen atoms in total. The minimum absolute atomic E-state index is 0.0103. The molecule has 2 unspecified atom stereocenters. The Morgan fingerprint density at radius 1 is 1.32 bits per heavy atom. The van der Waals surface area contributed by atoms with Crippen molar-refractivity contribution in [3.63, 3.8) is 0 Å². The second-order valence-corrected chi connectivity index (χ2v) is 4.94. The molecule has 0 aromatic carbocycles. The van der Waals surface area contributed by atoms with Gasteiger partial charge in [-0.15, -0.1) is 0 Å². The van der Waals surface area contributed by atoms with E-state index in [0.29, 0.717) is 6.54 Å². The van der Waals surface area contributed by atoms with Crippen LogP contribution in [0.2, 0.25) is 0 Å². The smallest absolute Gasteiger partial charge is 0.326 e. The molecule has 0 aromatic heterocycles. The third kappa shape index (κ3) is 4.51. The predicted octanol–water partition coefficient (Wildman–Crippen LogP) is -0.804. The number of hydrogen-bond donors (Lipinski definition) is 4. The normalized spacial score (nSPS) is 23.8. The van der Waals surface area contributed by atoms with E-state index in [2.05, 4.69) is 5.32 Å². The van der Waals surface area contributed by atoms with Crippen LogP contribution < -0.4 is 16.8 Å². The zero-order chi connectivity index (χ0) is 14.4. The highest BCUT2D eigenvalue weighted by Gasteiger charge is 2.33. The van der Waals surface area contributed by atoms with Crippen molar-refractivity contribution in [1.29, 1.82) is 0 Å². The number of carboxylic acids is 1. The van der Waals surface area contributed by atoms with Crippen molar-refractivity contribution >= 4 is 17.8 Å². The first kappa shape index (κ1) is 15.4. The van der Waals surface area contributed by atoms with Crippen LogP contribution in [0.15, 0.2) is 0 Å². The molecule has 19 heavy (non-hydrogen) atoms. The molecule has 0 spiro atoms. The largest absolute Gasteiger partial charge is 0.480 e. The van der Waals surface area contributed by atoms with Crippen LogP contribution in [0, 0.1) is 11.8 Å². The Kier molecular flexibility index (Phi) is 5.75. The van der Waals surface area contributed by atoms with E-state index in [1.54, 1.807) is 0 Å². The van der Waals surface area contributed by atoms with Crippen molar-refractivity contribution in [2.45, 2.75) is 38.1 Å². The van der Waals surface area contributed by atoms with E-state index in [9.17, 15) is 14.4 Å². The van der Waals surface area contributed by atoms with Crippen molar-refractivity contribution in [2.24, 2.45) is 23.3 Å². The quantitative estimate of drug-likeness (QED) is 0.480. The first-order valence-electron chi connectivity index (χ1n) is 6.47. The number of carboxylic acid groups (broad SMARTS) is 1. The van der Waals surface area contributed by atoms with Gasteiger partial charge in [-0.2, -0.15) is 0 Å². The summed E-state index contributed by atoms with van der Waals surface area (Å²) in [4.78, 5) is 33.7. The van der Waals surface area contributed by atoms with E-state index in [1.165, 1.54) is 0 Å². The Bertz CT molecular complexity index is 359. The molecule has 1 saturated carbocycles. The molecule has 7 heteroatoms. The lowest BCUT2D eigenvalue weighted by atomic mass is 9.95. The first-order valence-corrected chi connectivity index (χ1v) is 6.47. The van der Waals surface area contributed by atoms with E-state index < -0.39 is 17.9 Å². The van der Waals surface area contributed by atoms with Gasteiger partial charge in [-0.3, -0.25) is 9.59 Å². The van der Waals surface area contributed by atoms with Crippen LogP contribution >= 0.6 is 0 Å². The molecule has 1 aliphatic rings. The summed E-state index contributed by atoms with van der Waals surface area (Å²) < 4.78 is 0. The fraction of sp³-hybridized carbons (Fsp3) is 0.750. The minimum atomic E-state index is -1.16. The average Bonchev–Trinajstić information content (AvgIpc) is 2.81. The molecule has 0 bridgehead atoms. The maximum absolute atomic E-state index is 12.0. The molecule has 0 heterocycles. The predicted molar refractivity (Wildman–Crippen MR) is 67.9 cm³/mol. The maximum Gasteiger partial charge on any atom is 0.326 e. The number of hydrogen-bond acceptors (Lipinski definition) is 4. The summed E-state index contributed by atoms with van der Waals surface area (Å²) in [7, 11) is 0. The van der Waals surface area contributed by atoms with Crippen LogP contribution in [-0.2, 0) is 14.4 Å². The topological polar surface area (TPSA) is 136 Å². The number of rotatable bonds is 7. The van der Waals surface area contributed by atoms with Gasteiger partial charge in [0.25, 0.3) is 0 Å². The highest BCUT2D eigenvalue weighted by Crippen LogP contribution is 2.31. The number of aliphatic carboxylic acids is 1. The van der Waals surface area contributed by atoms with Crippen LogP contribution in [0.4, 0.5) is 0 Å². The Morgan fingerprint density at radius 2 is 2.00 bits per heavy atom. The van der Waals surface area contributed by atoms with E-state index >= 15 is 0 Å². The minimum Gasteiger partial charge on any atom is -0.480 e. The zero-order valence-corrected chi connectivity index (χ0v) is 10.8. The second kappa shape index (κ2) is 7.08. The average molecular weight is 271 g/mol. The molecule has 2 amide bonds. The summed E-state index contributed by atoms with van der Waals surface area (Å²) in [5.41, 5.74) is 10.6. The zero-order valence-electron chi connectivity index (χ0n) is 10.8. The molecule has 6 N–H and O–H groups in total. The highest BCUT2D eigenvalue weighted by atomic mass is 16.4. The van der Waals surface area contributed by atoms with Crippen molar-refractivity contribution in [1.82, 2.24) is 5.32 Å². The van der Waals surface area contributed by atoms with Gasteiger partial charge in [0, 0.05) is 12.3 Å². The Labute approximate surface area is 111 Å². The van der Waals surface area contributed by atoms with Crippen LogP contribution in [0.1, 0.15) is 32.1 Å². The molecule has 1 aliphatic carbocycles.